The van der Waals surface area contributed by atoms with Gasteiger partial charge in [-0.3, -0.25) is 18.6 Å². The molecule has 0 aromatic carbocycles. The summed E-state index contributed by atoms with van der Waals surface area (Å²) in [6.45, 7) is 4.19. The number of carbonyl (C=O) groups is 2. The summed E-state index contributed by atoms with van der Waals surface area (Å²) in [6, 6.07) is 0. The number of hydrogen-bond acceptors (Lipinski definition) is 12. The fourth-order valence-electron chi connectivity index (χ4n) is 6.56. The zero-order valence-corrected chi connectivity index (χ0v) is 34.8. The van der Waals surface area contributed by atoms with Crippen LogP contribution in [0.5, 0.6) is 0 Å². The van der Waals surface area contributed by atoms with Crippen molar-refractivity contribution in [3.63, 3.8) is 0 Å². The van der Waals surface area contributed by atoms with Crippen molar-refractivity contribution in [1.82, 2.24) is 0 Å². The smallest absolute Gasteiger partial charge is 0.462 e. The maximum atomic E-state index is 12.7. The van der Waals surface area contributed by atoms with Gasteiger partial charge in [-0.2, -0.15) is 0 Å². The zero-order chi connectivity index (χ0) is 40.9. The second kappa shape index (κ2) is 31.3. The highest BCUT2D eigenvalue weighted by Gasteiger charge is 2.39. The molecular formula is C41H75O13P. The Labute approximate surface area is 330 Å². The van der Waals surface area contributed by atoms with E-state index >= 15 is 0 Å². The second-order valence-corrected chi connectivity index (χ2v) is 16.9. The molecule has 1 aliphatic rings. The molecule has 1 unspecified atom stereocenters. The van der Waals surface area contributed by atoms with Gasteiger partial charge in [0.25, 0.3) is 0 Å². The normalized spacial score (nSPS) is 21.6. The lowest BCUT2D eigenvalue weighted by Gasteiger charge is -2.20. The van der Waals surface area contributed by atoms with Gasteiger partial charge in [0.2, 0.25) is 0 Å². The number of phosphoric ester groups is 1. The summed E-state index contributed by atoms with van der Waals surface area (Å²) in [4.78, 5) is 35.2. The minimum absolute atomic E-state index is 0.178. The standard InChI is InChI=1S/C41H75O13P/c1-4-5-15-21-33(43)25-26-37-36(38(45)27-39(37)46)22-18-19-24-41(48)54-35(31-53-55(49,50)52-29-34(44)28-42)30-51-40(47)23-17-14-12-10-8-6-7-9-11-13-16-20-32(2)3/h18-19,25-26,32-39,42-46H,4-17,20-24,27-31H2,1-3H3,(H,49,50)/b19-18-,26-25+/t33-,34+,35-,36+,37-,38+,39-/m1/s1. The minimum Gasteiger partial charge on any atom is -0.462 e. The van der Waals surface area contributed by atoms with E-state index in [-0.39, 0.29) is 31.1 Å². The van der Waals surface area contributed by atoms with Gasteiger partial charge in [-0.15, -0.1) is 0 Å². The second-order valence-electron chi connectivity index (χ2n) is 15.5. The first-order valence-electron chi connectivity index (χ1n) is 20.9. The Bertz CT molecular complexity index is 1100. The highest BCUT2D eigenvalue weighted by molar-refractivity contribution is 7.47. The van der Waals surface area contributed by atoms with Crippen LogP contribution in [0, 0.1) is 17.8 Å². The lowest BCUT2D eigenvalue weighted by Crippen LogP contribution is -2.29. The van der Waals surface area contributed by atoms with E-state index in [4.69, 9.17) is 19.1 Å². The van der Waals surface area contributed by atoms with E-state index in [1.54, 1.807) is 24.3 Å². The minimum atomic E-state index is -4.71. The lowest BCUT2D eigenvalue weighted by molar-refractivity contribution is -0.160. The molecule has 0 aromatic heterocycles. The van der Waals surface area contributed by atoms with E-state index in [0.29, 0.717) is 19.3 Å². The summed E-state index contributed by atoms with van der Waals surface area (Å²) in [6.07, 6.45) is 20.0. The number of unbranched alkanes of at least 4 members (excludes halogenated alkanes) is 12. The molecule has 6 N–H and O–H groups in total. The number of allylic oxidation sites excluding steroid dienone is 1. The molecule has 0 bridgehead atoms. The maximum absolute atomic E-state index is 12.7. The Kier molecular flexibility index (Phi) is 29.3. The molecule has 0 saturated heterocycles. The van der Waals surface area contributed by atoms with Crippen LogP contribution >= 0.6 is 7.82 Å². The summed E-state index contributed by atoms with van der Waals surface area (Å²) in [7, 11) is -4.71. The summed E-state index contributed by atoms with van der Waals surface area (Å²) in [5.74, 6) is -1.12. The number of aliphatic hydroxyl groups is 5. The Balaban J connectivity index is 2.55. The van der Waals surface area contributed by atoms with E-state index in [9.17, 15) is 39.5 Å². The first-order valence-corrected chi connectivity index (χ1v) is 22.4. The molecule has 1 saturated carbocycles. The van der Waals surface area contributed by atoms with Gasteiger partial charge in [0.05, 0.1) is 44.6 Å². The highest BCUT2D eigenvalue weighted by atomic mass is 31.2. The largest absolute Gasteiger partial charge is 0.472 e. The SMILES string of the molecule is CCCCC[C@@H](O)/C=C/[C@@H]1[C@H](C/C=C\CC(=O)O[C@H](COC(=O)CCCCCCCCCCCCCC(C)C)COP(=O)(O)OC[C@@H](O)CO)[C@@H](O)C[C@H]1O. The molecule has 0 aromatic rings. The Morgan fingerprint density at radius 2 is 1.38 bits per heavy atom. The number of esters is 2. The van der Waals surface area contributed by atoms with Gasteiger partial charge < -0.3 is 39.9 Å². The number of carbonyl (C=O) groups excluding carboxylic acids is 2. The average Bonchev–Trinajstić information content (AvgIpc) is 3.41. The van der Waals surface area contributed by atoms with E-state index in [0.717, 1.165) is 44.4 Å². The van der Waals surface area contributed by atoms with Gasteiger partial charge in [0.1, 0.15) is 12.7 Å². The molecule has 0 heterocycles. The third-order valence-corrected chi connectivity index (χ3v) is 10.8. The van der Waals surface area contributed by atoms with Crippen molar-refractivity contribution >= 4 is 19.8 Å². The van der Waals surface area contributed by atoms with Gasteiger partial charge in [0.15, 0.2) is 6.10 Å². The van der Waals surface area contributed by atoms with Crippen molar-refractivity contribution in [2.24, 2.45) is 17.8 Å². The molecule has 1 aliphatic carbocycles. The fourth-order valence-corrected chi connectivity index (χ4v) is 7.35. The molecule has 13 nitrogen and oxygen atoms in total. The molecule has 55 heavy (non-hydrogen) atoms. The third kappa shape index (κ3) is 26.8. The van der Waals surface area contributed by atoms with E-state index < -0.39 is 76.7 Å². The van der Waals surface area contributed by atoms with Crippen LogP contribution in [0.2, 0.25) is 0 Å². The van der Waals surface area contributed by atoms with Crippen LogP contribution in [0.25, 0.3) is 0 Å². The maximum Gasteiger partial charge on any atom is 0.472 e. The van der Waals surface area contributed by atoms with E-state index in [1.165, 1.54) is 51.4 Å². The Morgan fingerprint density at radius 1 is 0.782 bits per heavy atom. The number of ether oxygens (including phenoxy) is 2. The zero-order valence-electron chi connectivity index (χ0n) is 33.9. The van der Waals surface area contributed by atoms with Gasteiger partial charge in [-0.25, -0.2) is 4.57 Å². The molecule has 0 aliphatic heterocycles. The third-order valence-electron chi connectivity index (χ3n) is 9.89. The first-order chi connectivity index (χ1) is 26.3. The number of hydrogen-bond donors (Lipinski definition) is 6. The topological polar surface area (TPSA) is 210 Å². The summed E-state index contributed by atoms with van der Waals surface area (Å²) in [5, 5.41) is 49.7. The molecule has 0 spiro atoms. The Hall–Kier alpha value is -1.67. The van der Waals surface area contributed by atoms with E-state index in [1.807, 2.05) is 0 Å². The predicted molar refractivity (Wildman–Crippen MR) is 212 cm³/mol. The summed E-state index contributed by atoms with van der Waals surface area (Å²) < 4.78 is 32.6. The summed E-state index contributed by atoms with van der Waals surface area (Å²) >= 11 is 0. The van der Waals surface area contributed by atoms with Crippen LogP contribution < -0.4 is 0 Å². The van der Waals surface area contributed by atoms with Crippen molar-refractivity contribution in [3.8, 4) is 0 Å². The molecule has 0 amide bonds. The predicted octanol–water partition coefficient (Wildman–Crippen LogP) is 6.85. The van der Waals surface area contributed by atoms with Crippen molar-refractivity contribution in [3.05, 3.63) is 24.3 Å². The monoisotopic (exact) mass is 806 g/mol. The first kappa shape index (κ1) is 51.3. The average molecular weight is 807 g/mol. The van der Waals surface area contributed by atoms with Crippen molar-refractivity contribution in [2.45, 2.75) is 180 Å². The van der Waals surface area contributed by atoms with Crippen LogP contribution in [0.4, 0.5) is 0 Å². The van der Waals surface area contributed by atoms with Crippen LogP contribution in [0.1, 0.15) is 149 Å². The van der Waals surface area contributed by atoms with E-state index in [2.05, 4.69) is 25.3 Å². The molecule has 1 fully saturated rings. The molecule has 8 atom stereocenters. The Morgan fingerprint density at radius 3 is 2.00 bits per heavy atom. The number of aliphatic hydroxyl groups excluding tert-OH is 5. The van der Waals surface area contributed by atoms with Crippen molar-refractivity contribution < 1.29 is 63.1 Å². The molecule has 322 valence electrons. The quantitative estimate of drug-likeness (QED) is 0.0170. The van der Waals surface area contributed by atoms with Gasteiger partial charge in [-0.05, 0) is 31.1 Å². The lowest BCUT2D eigenvalue weighted by atomic mass is 9.89. The van der Waals surface area contributed by atoms with Crippen LogP contribution in [-0.4, -0.2) is 99.3 Å². The van der Waals surface area contributed by atoms with Crippen LogP contribution in [0.15, 0.2) is 24.3 Å². The van der Waals surface area contributed by atoms with Crippen LogP contribution in [-0.2, 0) is 32.7 Å². The molecule has 0 radical (unpaired) electrons. The number of rotatable bonds is 34. The molecular weight excluding hydrogens is 731 g/mol. The molecule has 1 rings (SSSR count). The number of phosphoric acid groups is 1. The molecule has 14 heteroatoms. The van der Waals surface area contributed by atoms with Gasteiger partial charge in [0, 0.05) is 18.8 Å². The van der Waals surface area contributed by atoms with Gasteiger partial charge >= 0.3 is 19.8 Å². The van der Waals surface area contributed by atoms with Crippen molar-refractivity contribution in [2.75, 3.05) is 26.4 Å². The van der Waals surface area contributed by atoms with Gasteiger partial charge in [-0.1, -0.05) is 135 Å². The van der Waals surface area contributed by atoms with Crippen LogP contribution in [0.3, 0.4) is 0 Å². The fraction of sp³-hybridized carbons (Fsp3) is 0.854. The highest BCUT2D eigenvalue weighted by Crippen LogP contribution is 2.43. The van der Waals surface area contributed by atoms with Crippen molar-refractivity contribution in [1.29, 1.82) is 0 Å². The summed E-state index contributed by atoms with van der Waals surface area (Å²) in [5.41, 5.74) is 0.